The van der Waals surface area contributed by atoms with Crippen LogP contribution in [0.1, 0.15) is 48.2 Å². The molecule has 2 aliphatic rings. The van der Waals surface area contributed by atoms with Gasteiger partial charge in [-0.3, -0.25) is 14.4 Å². The minimum atomic E-state index is -4.53. The molecule has 2 bridgehead atoms. The largest absolute Gasteiger partial charge is 0.446 e. The standard InChI is InChI=1S/C26H27F3N8OS/c1-35-16-17(15-32-35)25(38)31-13-3-5-20-24(39-26(27,28)29)22-6-2-7-23(37(22)34-20)33-19-10-8-18-9-11-21(19)36(18)14-4-12-30/h2,6-7,15-16,18-19,21,33H,4,8-11,13-14H2,1H3,(H,31,38)/t18-,19-,21-/m1/s1. The van der Waals surface area contributed by atoms with Crippen LogP contribution in [0.3, 0.4) is 0 Å². The fourth-order valence-electron chi connectivity index (χ4n) is 5.51. The molecule has 3 atom stereocenters. The molecule has 2 N–H and O–H groups in total. The van der Waals surface area contributed by atoms with Gasteiger partial charge in [0.05, 0.1) is 34.8 Å². The molecule has 3 aromatic heterocycles. The number of nitrogens with zero attached hydrogens (tertiary/aromatic N) is 6. The minimum absolute atomic E-state index is 0.0116. The number of thioether (sulfide) groups is 1. The first-order chi connectivity index (χ1) is 18.7. The molecule has 1 amide bonds. The summed E-state index contributed by atoms with van der Waals surface area (Å²) in [5.41, 5.74) is -3.88. The van der Waals surface area contributed by atoms with Gasteiger partial charge in [-0.1, -0.05) is 12.0 Å². The van der Waals surface area contributed by atoms with Crippen molar-refractivity contribution in [1.82, 2.24) is 29.6 Å². The molecule has 5 rings (SSSR count). The predicted octanol–water partition coefficient (Wildman–Crippen LogP) is 3.78. The van der Waals surface area contributed by atoms with Crippen molar-refractivity contribution in [3.63, 3.8) is 0 Å². The third-order valence-corrected chi connectivity index (χ3v) is 7.96. The molecule has 0 aromatic carbocycles. The number of hydrogen-bond acceptors (Lipinski definition) is 7. The van der Waals surface area contributed by atoms with Crippen LogP contribution in [0.5, 0.6) is 0 Å². The molecule has 13 heteroatoms. The van der Waals surface area contributed by atoms with Gasteiger partial charge in [-0.15, -0.1) is 0 Å². The Hall–Kier alpha value is -3.68. The predicted molar refractivity (Wildman–Crippen MR) is 140 cm³/mol. The van der Waals surface area contributed by atoms with E-state index in [1.54, 1.807) is 31.4 Å². The van der Waals surface area contributed by atoms with Crippen LogP contribution in [0, 0.1) is 23.2 Å². The van der Waals surface area contributed by atoms with Crippen LogP contribution < -0.4 is 10.6 Å². The van der Waals surface area contributed by atoms with Gasteiger partial charge in [-0.2, -0.15) is 28.6 Å². The number of anilines is 1. The Morgan fingerprint density at radius 1 is 1.26 bits per heavy atom. The van der Waals surface area contributed by atoms with Gasteiger partial charge in [0.15, 0.2) is 0 Å². The monoisotopic (exact) mass is 556 g/mol. The number of alkyl halides is 3. The van der Waals surface area contributed by atoms with Crippen molar-refractivity contribution in [1.29, 1.82) is 5.26 Å². The van der Waals surface area contributed by atoms with Crippen LogP contribution in [0.25, 0.3) is 5.52 Å². The smallest absolute Gasteiger partial charge is 0.366 e. The zero-order valence-corrected chi connectivity index (χ0v) is 22.0. The lowest BCUT2D eigenvalue weighted by Crippen LogP contribution is -2.50. The van der Waals surface area contributed by atoms with E-state index in [-0.39, 0.29) is 46.9 Å². The maximum atomic E-state index is 13.5. The fourth-order valence-corrected chi connectivity index (χ4v) is 6.19. The molecular formula is C26H27F3N8OS. The highest BCUT2D eigenvalue weighted by Crippen LogP contribution is 2.42. The highest BCUT2D eigenvalue weighted by atomic mass is 32.2. The lowest BCUT2D eigenvalue weighted by Gasteiger charge is -2.40. The van der Waals surface area contributed by atoms with Crippen LogP contribution in [-0.2, 0) is 7.05 Å². The lowest BCUT2D eigenvalue weighted by atomic mass is 9.97. The Labute approximate surface area is 227 Å². The second-order valence-corrected chi connectivity index (χ2v) is 10.7. The number of carbonyl (C=O) groups excluding carboxylic acids is 1. The molecule has 0 saturated carbocycles. The molecule has 0 spiro atoms. The zero-order valence-electron chi connectivity index (χ0n) is 21.2. The summed E-state index contributed by atoms with van der Waals surface area (Å²) in [7, 11) is 1.69. The average molecular weight is 557 g/mol. The lowest BCUT2D eigenvalue weighted by molar-refractivity contribution is -0.0327. The van der Waals surface area contributed by atoms with Gasteiger partial charge in [-0.25, -0.2) is 4.52 Å². The van der Waals surface area contributed by atoms with E-state index < -0.39 is 5.51 Å². The van der Waals surface area contributed by atoms with Gasteiger partial charge in [-0.05, 0) is 55.5 Å². The van der Waals surface area contributed by atoms with Gasteiger partial charge in [0.1, 0.15) is 11.5 Å². The van der Waals surface area contributed by atoms with Crippen LogP contribution in [0.15, 0.2) is 35.5 Å². The maximum Gasteiger partial charge on any atom is 0.446 e. The number of carbonyl (C=O) groups is 1. The molecule has 9 nitrogen and oxygen atoms in total. The first-order valence-corrected chi connectivity index (χ1v) is 13.5. The van der Waals surface area contributed by atoms with Crippen molar-refractivity contribution in [3.05, 3.63) is 41.9 Å². The van der Waals surface area contributed by atoms with Crippen molar-refractivity contribution >= 4 is 29.0 Å². The number of piperidine rings is 1. The Balaban J connectivity index is 1.39. The maximum absolute atomic E-state index is 13.5. The van der Waals surface area contributed by atoms with Crippen LogP contribution in [-0.4, -0.2) is 66.9 Å². The summed E-state index contributed by atoms with van der Waals surface area (Å²) in [6, 6.07) is 8.16. The third-order valence-electron chi connectivity index (χ3n) is 7.12. The van der Waals surface area contributed by atoms with E-state index >= 15 is 0 Å². The van der Waals surface area contributed by atoms with Crippen LogP contribution in [0.2, 0.25) is 0 Å². The number of aryl methyl sites for hydroxylation is 1. The highest BCUT2D eigenvalue weighted by molar-refractivity contribution is 8.00. The molecule has 3 aromatic rings. The number of aromatic nitrogens is 4. The molecule has 2 fully saturated rings. The van der Waals surface area contributed by atoms with E-state index in [0.717, 1.165) is 32.2 Å². The number of halogens is 3. The number of hydrogen-bond donors (Lipinski definition) is 2. The first-order valence-electron chi connectivity index (χ1n) is 12.7. The number of rotatable bonds is 7. The number of fused-ring (bicyclic) bond motifs is 3. The Kier molecular flexibility index (Phi) is 7.73. The summed E-state index contributed by atoms with van der Waals surface area (Å²) in [6.07, 6.45) is 7.48. The molecule has 0 radical (unpaired) electrons. The summed E-state index contributed by atoms with van der Waals surface area (Å²) < 4.78 is 43.5. The zero-order chi connectivity index (χ0) is 27.6. The Morgan fingerprint density at radius 2 is 2.08 bits per heavy atom. The van der Waals surface area contributed by atoms with E-state index in [0.29, 0.717) is 29.4 Å². The molecule has 39 heavy (non-hydrogen) atoms. The van der Waals surface area contributed by atoms with Gasteiger partial charge < -0.3 is 10.6 Å². The summed E-state index contributed by atoms with van der Waals surface area (Å²) in [5.74, 6) is 5.65. The Bertz CT molecular complexity index is 1460. The summed E-state index contributed by atoms with van der Waals surface area (Å²) in [5, 5.41) is 23.6. The van der Waals surface area contributed by atoms with E-state index in [1.807, 2.05) is 0 Å². The normalized spacial score (nSPS) is 20.8. The SMILES string of the molecule is Cn1cc(C(=O)NCC#Cc2nn3c(N[C@@H]4CC[C@@H]5CC[C@H]4N5CCC#N)cccc3c2SC(F)(F)F)cn1. The Morgan fingerprint density at radius 3 is 2.82 bits per heavy atom. The molecule has 5 heterocycles. The van der Waals surface area contributed by atoms with Crippen molar-refractivity contribution < 1.29 is 18.0 Å². The molecular weight excluding hydrogens is 529 g/mol. The summed E-state index contributed by atoms with van der Waals surface area (Å²) in [4.78, 5) is 14.5. The molecule has 0 unspecified atom stereocenters. The van der Waals surface area contributed by atoms with E-state index in [9.17, 15) is 18.0 Å². The van der Waals surface area contributed by atoms with Crippen molar-refractivity contribution in [2.75, 3.05) is 18.4 Å². The second-order valence-electron chi connectivity index (χ2n) is 9.59. The van der Waals surface area contributed by atoms with Gasteiger partial charge in [0, 0.05) is 44.3 Å². The number of amides is 1. The second kappa shape index (κ2) is 11.2. The van der Waals surface area contributed by atoms with Crippen molar-refractivity contribution in [2.45, 2.75) is 60.6 Å². The summed E-state index contributed by atoms with van der Waals surface area (Å²) >= 11 is -0.247. The first kappa shape index (κ1) is 26.9. The average Bonchev–Trinajstić information content (AvgIpc) is 3.56. The van der Waals surface area contributed by atoms with Crippen LogP contribution in [0.4, 0.5) is 19.0 Å². The van der Waals surface area contributed by atoms with Gasteiger partial charge in [0.25, 0.3) is 5.91 Å². The van der Waals surface area contributed by atoms with Gasteiger partial charge >= 0.3 is 5.51 Å². The fraction of sp³-hybridized carbons (Fsp3) is 0.462. The van der Waals surface area contributed by atoms with E-state index in [1.165, 1.54) is 15.4 Å². The minimum Gasteiger partial charge on any atom is -0.366 e. The van der Waals surface area contributed by atoms with E-state index in [4.69, 9.17) is 5.26 Å². The number of pyridine rings is 1. The molecule has 204 valence electrons. The molecule has 2 aliphatic heterocycles. The molecule has 2 saturated heterocycles. The van der Waals surface area contributed by atoms with Crippen LogP contribution >= 0.6 is 11.8 Å². The number of nitriles is 1. The molecule has 0 aliphatic carbocycles. The van der Waals surface area contributed by atoms with Crippen molar-refractivity contribution in [3.8, 4) is 17.9 Å². The third kappa shape index (κ3) is 6.00. The van der Waals surface area contributed by atoms with Gasteiger partial charge in [0.2, 0.25) is 0 Å². The van der Waals surface area contributed by atoms with E-state index in [2.05, 4.69) is 43.6 Å². The van der Waals surface area contributed by atoms with Crippen molar-refractivity contribution in [2.24, 2.45) is 7.05 Å². The quantitative estimate of drug-likeness (QED) is 0.337. The summed E-state index contributed by atoms with van der Waals surface area (Å²) in [6.45, 7) is 0.658. The highest BCUT2D eigenvalue weighted by Gasteiger charge is 2.42. The topological polar surface area (TPSA) is 103 Å². The number of nitrogens with one attached hydrogen (secondary N) is 2.